The van der Waals surface area contributed by atoms with Crippen LogP contribution in [0.3, 0.4) is 0 Å². The minimum Gasteiger partial charge on any atom is -0.355 e. The molecule has 0 spiro atoms. The van der Waals surface area contributed by atoms with Gasteiger partial charge in [-0.05, 0) is 78.6 Å². The molecule has 0 fully saturated rings. The van der Waals surface area contributed by atoms with Gasteiger partial charge < -0.3 is 10.6 Å². The Bertz CT molecular complexity index is 1380. The van der Waals surface area contributed by atoms with Gasteiger partial charge in [0.05, 0.1) is 0 Å². The van der Waals surface area contributed by atoms with E-state index in [1.165, 1.54) is 18.2 Å². The summed E-state index contributed by atoms with van der Waals surface area (Å²) in [6, 6.07) is 26.4. The number of halogens is 1. The fourth-order valence-electron chi connectivity index (χ4n) is 4.15. The van der Waals surface area contributed by atoms with Gasteiger partial charge in [0.15, 0.2) is 5.78 Å². The molecule has 0 atom stereocenters. The molecule has 5 rings (SSSR count). The fourth-order valence-corrected chi connectivity index (χ4v) is 4.15. The molecule has 0 heterocycles. The molecule has 0 saturated heterocycles. The lowest BCUT2D eigenvalue weighted by atomic mass is 9.98. The summed E-state index contributed by atoms with van der Waals surface area (Å²) >= 11 is 0. The van der Waals surface area contributed by atoms with Crippen LogP contribution in [0, 0.1) is 5.82 Å². The number of rotatable bonds is 4. The Kier molecular flexibility index (Phi) is 5.45. The van der Waals surface area contributed by atoms with Gasteiger partial charge in [-0.25, -0.2) is 4.39 Å². The molecular weight excluding hydrogens is 415 g/mol. The average molecular weight is 436 g/mol. The molecule has 0 radical (unpaired) electrons. The molecule has 2 N–H and O–H groups in total. The van der Waals surface area contributed by atoms with E-state index in [9.17, 15) is 14.0 Å². The number of anilines is 3. The third-order valence-corrected chi connectivity index (χ3v) is 5.77. The van der Waals surface area contributed by atoms with Gasteiger partial charge in [-0.1, -0.05) is 36.4 Å². The molecular formula is C28H21FN2O2. The number of carbonyl (C=O) groups excluding carboxylic acids is 2. The zero-order chi connectivity index (χ0) is 22.8. The predicted octanol–water partition coefficient (Wildman–Crippen LogP) is 6.15. The third kappa shape index (κ3) is 4.39. The number of hydrogen-bond acceptors (Lipinski definition) is 3. The molecule has 1 aliphatic rings. The van der Waals surface area contributed by atoms with Crippen molar-refractivity contribution in [2.45, 2.75) is 12.8 Å². The number of ketones is 1. The highest BCUT2D eigenvalue weighted by Gasteiger charge is 2.21. The molecule has 5 heteroatoms. The topological polar surface area (TPSA) is 58.2 Å². The van der Waals surface area contributed by atoms with Gasteiger partial charge >= 0.3 is 0 Å². The second kappa shape index (κ2) is 8.71. The zero-order valence-electron chi connectivity index (χ0n) is 17.8. The van der Waals surface area contributed by atoms with Crippen molar-refractivity contribution in [3.05, 3.63) is 125 Å². The Hall–Kier alpha value is -4.25. The lowest BCUT2D eigenvalue weighted by Crippen LogP contribution is -2.12. The molecule has 0 bridgehead atoms. The van der Waals surface area contributed by atoms with Gasteiger partial charge in [0.1, 0.15) is 5.82 Å². The van der Waals surface area contributed by atoms with Crippen molar-refractivity contribution in [3.8, 4) is 0 Å². The van der Waals surface area contributed by atoms with E-state index in [1.807, 2.05) is 60.7 Å². The van der Waals surface area contributed by atoms with Crippen LogP contribution in [-0.4, -0.2) is 11.7 Å². The van der Waals surface area contributed by atoms with Gasteiger partial charge in [0.2, 0.25) is 0 Å². The van der Waals surface area contributed by atoms with Crippen LogP contribution in [0.15, 0.2) is 91.0 Å². The van der Waals surface area contributed by atoms with E-state index in [-0.39, 0.29) is 17.3 Å². The van der Waals surface area contributed by atoms with Crippen molar-refractivity contribution in [2.75, 3.05) is 10.6 Å². The molecule has 4 nitrogen and oxygen atoms in total. The second-order valence-corrected chi connectivity index (χ2v) is 8.03. The first kappa shape index (κ1) is 20.6. The number of nitrogens with one attached hydrogen (secondary N) is 2. The molecule has 4 aromatic carbocycles. The second-order valence-electron chi connectivity index (χ2n) is 8.03. The Labute approximate surface area is 191 Å². The van der Waals surface area contributed by atoms with Crippen LogP contribution in [0.5, 0.6) is 0 Å². The van der Waals surface area contributed by atoms with Gasteiger partial charge in [-0.3, -0.25) is 9.59 Å². The molecule has 0 saturated carbocycles. The van der Waals surface area contributed by atoms with E-state index in [0.29, 0.717) is 5.69 Å². The van der Waals surface area contributed by atoms with Crippen molar-refractivity contribution in [1.29, 1.82) is 0 Å². The Morgan fingerprint density at radius 2 is 1.42 bits per heavy atom. The first-order chi connectivity index (χ1) is 16.1. The molecule has 162 valence electrons. The highest BCUT2D eigenvalue weighted by Crippen LogP contribution is 2.28. The summed E-state index contributed by atoms with van der Waals surface area (Å²) in [7, 11) is 0. The minimum absolute atomic E-state index is 0.0618. The summed E-state index contributed by atoms with van der Waals surface area (Å²) in [5.74, 6) is -0.774. The van der Waals surface area contributed by atoms with Crippen LogP contribution in [-0.2, 0) is 12.8 Å². The number of carbonyl (C=O) groups is 2. The maximum absolute atomic E-state index is 13.4. The molecule has 33 heavy (non-hydrogen) atoms. The summed E-state index contributed by atoms with van der Waals surface area (Å²) in [4.78, 5) is 25.4. The summed E-state index contributed by atoms with van der Waals surface area (Å²) in [6.45, 7) is 0. The van der Waals surface area contributed by atoms with Crippen LogP contribution < -0.4 is 10.6 Å². The van der Waals surface area contributed by atoms with Crippen molar-refractivity contribution in [1.82, 2.24) is 0 Å². The van der Waals surface area contributed by atoms with Crippen molar-refractivity contribution >= 4 is 28.8 Å². The maximum atomic E-state index is 13.4. The fraction of sp³-hybridized carbons (Fsp3) is 0.0714. The summed E-state index contributed by atoms with van der Waals surface area (Å²) < 4.78 is 13.4. The molecule has 4 aromatic rings. The van der Waals surface area contributed by atoms with Crippen LogP contribution in [0.1, 0.15) is 37.4 Å². The number of fused-ring (bicyclic) bond motifs is 2. The summed E-state index contributed by atoms with van der Waals surface area (Å²) in [6.07, 6.45) is 1.61. The monoisotopic (exact) mass is 436 g/mol. The van der Waals surface area contributed by atoms with Crippen molar-refractivity contribution in [2.24, 2.45) is 0 Å². The van der Waals surface area contributed by atoms with E-state index in [4.69, 9.17) is 0 Å². The van der Waals surface area contributed by atoms with Crippen molar-refractivity contribution in [3.63, 3.8) is 0 Å². The largest absolute Gasteiger partial charge is 0.355 e. The van der Waals surface area contributed by atoms with Gasteiger partial charge in [-0.2, -0.15) is 0 Å². The van der Waals surface area contributed by atoms with Crippen LogP contribution in [0.4, 0.5) is 21.5 Å². The van der Waals surface area contributed by atoms with Crippen LogP contribution in [0.2, 0.25) is 0 Å². The number of amides is 1. The number of aryl methyl sites for hydroxylation is 2. The van der Waals surface area contributed by atoms with Crippen molar-refractivity contribution < 1.29 is 14.0 Å². The van der Waals surface area contributed by atoms with Gasteiger partial charge in [0.25, 0.3) is 5.91 Å². The highest BCUT2D eigenvalue weighted by atomic mass is 19.1. The first-order valence-corrected chi connectivity index (χ1v) is 10.8. The van der Waals surface area contributed by atoms with Gasteiger partial charge in [0, 0.05) is 33.8 Å². The van der Waals surface area contributed by atoms with E-state index >= 15 is 0 Å². The lowest BCUT2D eigenvalue weighted by molar-refractivity contribution is 0.102. The maximum Gasteiger partial charge on any atom is 0.255 e. The van der Waals surface area contributed by atoms with Gasteiger partial charge in [-0.15, -0.1) is 0 Å². The average Bonchev–Trinajstić information content (AvgIpc) is 2.96. The minimum atomic E-state index is -0.456. The quantitative estimate of drug-likeness (QED) is 0.403. The Morgan fingerprint density at radius 3 is 2.30 bits per heavy atom. The van der Waals surface area contributed by atoms with E-state index in [0.717, 1.165) is 46.5 Å². The molecule has 0 unspecified atom stereocenters. The zero-order valence-corrected chi connectivity index (χ0v) is 17.8. The predicted molar refractivity (Wildman–Crippen MR) is 128 cm³/mol. The molecule has 1 aliphatic carbocycles. The normalized spacial score (nSPS) is 12.3. The smallest absolute Gasteiger partial charge is 0.255 e. The summed E-state index contributed by atoms with van der Waals surface area (Å²) in [5.41, 5.74) is 6.10. The van der Waals surface area contributed by atoms with E-state index in [2.05, 4.69) is 10.6 Å². The third-order valence-electron chi connectivity index (χ3n) is 5.77. The van der Waals surface area contributed by atoms with E-state index in [1.54, 1.807) is 12.1 Å². The number of benzene rings is 4. The molecule has 1 amide bonds. The standard InChI is InChI=1S/C28H21FN2O2/c29-21-7-3-6-20(15-21)28(33)31-23-9-4-8-22(17-23)30-24-13-14-26-19(16-24)12-11-18-5-1-2-10-25(18)27(26)32/h1-10,13-17,30H,11-12H2,(H,31,33). The lowest BCUT2D eigenvalue weighted by Gasteiger charge is -2.12. The molecule has 0 aromatic heterocycles. The summed E-state index contributed by atoms with van der Waals surface area (Å²) in [5, 5.41) is 6.15. The van der Waals surface area contributed by atoms with Crippen LogP contribution >= 0.6 is 0 Å². The number of hydrogen-bond donors (Lipinski definition) is 2. The van der Waals surface area contributed by atoms with E-state index < -0.39 is 5.82 Å². The SMILES string of the molecule is O=C(Nc1cccc(Nc2ccc3c(c2)CCc2ccccc2C3=O)c1)c1cccc(F)c1. The highest BCUT2D eigenvalue weighted by molar-refractivity contribution is 6.11. The Balaban J connectivity index is 1.34. The first-order valence-electron chi connectivity index (χ1n) is 10.8. The molecule has 0 aliphatic heterocycles. The Morgan fingerprint density at radius 1 is 0.697 bits per heavy atom. The van der Waals surface area contributed by atoms with Crippen LogP contribution in [0.25, 0.3) is 0 Å².